The van der Waals surface area contributed by atoms with Crippen LogP contribution in [0.4, 0.5) is 0 Å². The molecule has 0 aromatic carbocycles. The number of carboxylic acid groups (broad SMARTS) is 1. The van der Waals surface area contributed by atoms with Crippen LogP contribution >= 0.6 is 0 Å². The molecule has 0 fully saturated rings. The predicted octanol–water partition coefficient (Wildman–Crippen LogP) is -1.61. The summed E-state index contributed by atoms with van der Waals surface area (Å²) in [4.78, 5) is 9.74. The fourth-order valence-electron chi connectivity index (χ4n) is 0.0638. The number of aliphatic hydroxyl groups excluding tert-OH is 1. The van der Waals surface area contributed by atoms with Crippen molar-refractivity contribution in [3.8, 4) is 0 Å². The standard InChI is InChI=1S/C3H7NO3/c4-2(1-5)3(6)7/h2,5H,1,4H2,(H,6,7)/t2-/m0/s1/i1D,4+1/t1?,2-. The zero-order chi connectivity index (χ0) is 6.73. The molecule has 0 saturated carbocycles. The first-order valence-corrected chi connectivity index (χ1v) is 1.64. The van der Waals surface area contributed by atoms with Crippen LogP contribution in [0.2, 0.25) is 0 Å². The normalized spacial score (nSPS) is 20.0. The van der Waals surface area contributed by atoms with Gasteiger partial charge in [-0.15, -0.1) is 0 Å². The average molecular weight is 107 g/mol. The second-order valence-corrected chi connectivity index (χ2v) is 1.01. The third-order valence-electron chi connectivity index (χ3n) is 0.446. The molecule has 0 aliphatic rings. The van der Waals surface area contributed by atoms with Gasteiger partial charge in [0.25, 0.3) is 0 Å². The van der Waals surface area contributed by atoms with Crippen LogP contribution in [0.15, 0.2) is 0 Å². The Balaban J connectivity index is 3.64. The molecule has 1 unspecified atom stereocenters. The van der Waals surface area contributed by atoms with Crippen LogP contribution in [0.3, 0.4) is 0 Å². The SMILES string of the molecule is [2H]C(O)[C@H]([15NH2])C(=O)O. The van der Waals surface area contributed by atoms with Gasteiger partial charge in [-0.2, -0.15) is 0 Å². The summed E-state index contributed by atoms with van der Waals surface area (Å²) in [6, 6.07) is -1.49. The van der Waals surface area contributed by atoms with Gasteiger partial charge < -0.3 is 15.9 Å². The third-order valence-corrected chi connectivity index (χ3v) is 0.446. The highest BCUT2D eigenvalue weighted by molar-refractivity contribution is 5.73. The Morgan fingerprint density at radius 2 is 2.57 bits per heavy atom. The van der Waals surface area contributed by atoms with Crippen molar-refractivity contribution in [1.82, 2.24) is 0 Å². The lowest BCUT2D eigenvalue weighted by molar-refractivity contribution is -0.139. The van der Waals surface area contributed by atoms with Gasteiger partial charge in [-0.3, -0.25) is 4.79 Å². The molecule has 0 amide bonds. The minimum atomic E-state index is -1.73. The Labute approximate surface area is 42.0 Å². The van der Waals surface area contributed by atoms with Crippen molar-refractivity contribution in [3.05, 3.63) is 0 Å². The molecule has 7 heavy (non-hydrogen) atoms. The van der Waals surface area contributed by atoms with Crippen molar-refractivity contribution in [1.29, 1.82) is 0 Å². The zero-order valence-corrected chi connectivity index (χ0v) is 3.53. The van der Waals surface area contributed by atoms with Gasteiger partial charge in [-0.25, -0.2) is 0 Å². The number of hydrogen-bond acceptors (Lipinski definition) is 3. The van der Waals surface area contributed by atoms with Gasteiger partial charge in [0, 0.05) is 0 Å². The molecule has 4 heteroatoms. The Hall–Kier alpha value is -0.610. The van der Waals surface area contributed by atoms with Gasteiger partial charge in [0.2, 0.25) is 0 Å². The van der Waals surface area contributed by atoms with Crippen LogP contribution in [0.5, 0.6) is 0 Å². The Morgan fingerprint density at radius 1 is 2.14 bits per heavy atom. The van der Waals surface area contributed by atoms with E-state index in [1.807, 2.05) is 0 Å². The van der Waals surface area contributed by atoms with E-state index in [2.05, 4.69) is 0 Å². The van der Waals surface area contributed by atoms with E-state index in [1.54, 1.807) is 0 Å². The highest BCUT2D eigenvalue weighted by Gasteiger charge is 2.06. The van der Waals surface area contributed by atoms with E-state index in [9.17, 15) is 4.79 Å². The number of nitrogens with two attached hydrogens (primary N) is 1. The van der Waals surface area contributed by atoms with Gasteiger partial charge in [-0.1, -0.05) is 0 Å². The summed E-state index contributed by atoms with van der Waals surface area (Å²) in [5.41, 5.74) is 4.72. The molecule has 0 heterocycles. The fraction of sp³-hybridized carbons (Fsp3) is 0.667. The van der Waals surface area contributed by atoms with Gasteiger partial charge in [-0.05, 0) is 0 Å². The molecule has 0 saturated heterocycles. The number of carbonyl (C=O) groups is 1. The molecule has 0 radical (unpaired) electrons. The number of rotatable bonds is 2. The van der Waals surface area contributed by atoms with E-state index >= 15 is 0 Å². The summed E-state index contributed by atoms with van der Waals surface area (Å²) in [5, 5.41) is 16.1. The van der Waals surface area contributed by atoms with Gasteiger partial charge in [0.15, 0.2) is 0 Å². The van der Waals surface area contributed by atoms with Crippen molar-refractivity contribution in [3.63, 3.8) is 0 Å². The van der Waals surface area contributed by atoms with Crippen molar-refractivity contribution in [2.45, 2.75) is 6.04 Å². The van der Waals surface area contributed by atoms with Crippen LogP contribution in [0.25, 0.3) is 0 Å². The van der Waals surface area contributed by atoms with Gasteiger partial charge in [0.1, 0.15) is 6.04 Å². The molecule has 4 N–H and O–H groups in total. The molecule has 0 aromatic heterocycles. The smallest absolute Gasteiger partial charge is 0.322 e. The number of aliphatic carboxylic acids is 1. The van der Waals surface area contributed by atoms with E-state index in [-0.39, 0.29) is 0 Å². The van der Waals surface area contributed by atoms with E-state index < -0.39 is 18.6 Å². The zero-order valence-electron chi connectivity index (χ0n) is 4.53. The summed E-state index contributed by atoms with van der Waals surface area (Å²) in [7, 11) is 0. The Morgan fingerprint density at radius 3 is 2.57 bits per heavy atom. The molecule has 0 aliphatic carbocycles. The van der Waals surface area contributed by atoms with E-state index in [1.165, 1.54) is 0 Å². The lowest BCUT2D eigenvalue weighted by atomic mass is 10.4. The Bertz CT molecular complexity index is 94.5. The quantitative estimate of drug-likeness (QED) is 0.371. The molecule has 0 aromatic rings. The lowest BCUT2D eigenvalue weighted by Crippen LogP contribution is -2.33. The molecule has 0 bridgehead atoms. The minimum Gasteiger partial charge on any atom is -0.480 e. The van der Waals surface area contributed by atoms with E-state index in [0.29, 0.717) is 0 Å². The van der Waals surface area contributed by atoms with Crippen molar-refractivity contribution < 1.29 is 16.4 Å². The minimum absolute atomic E-state index is 1.37. The summed E-state index contributed by atoms with van der Waals surface area (Å²) in [6.07, 6.45) is 0. The lowest BCUT2D eigenvalue weighted by Gasteiger charge is -1.96. The van der Waals surface area contributed by atoms with Crippen molar-refractivity contribution in [2.75, 3.05) is 6.58 Å². The van der Waals surface area contributed by atoms with Gasteiger partial charge >= 0.3 is 5.97 Å². The van der Waals surface area contributed by atoms with Crippen LogP contribution < -0.4 is 5.73 Å². The van der Waals surface area contributed by atoms with Gasteiger partial charge in [0.05, 0.1) is 7.95 Å². The summed E-state index contributed by atoms with van der Waals surface area (Å²) in [5.74, 6) is -1.37. The fourth-order valence-corrected chi connectivity index (χ4v) is 0.0638. The Kier molecular flexibility index (Phi) is 1.65. The number of hydrogen-bond donors (Lipinski definition) is 3. The molecule has 4 nitrogen and oxygen atoms in total. The molecular weight excluding hydrogens is 99.0 g/mol. The van der Waals surface area contributed by atoms with Crippen molar-refractivity contribution >= 4 is 5.97 Å². The first-order valence-electron chi connectivity index (χ1n) is 2.22. The molecule has 42 valence electrons. The summed E-state index contributed by atoms with van der Waals surface area (Å²) >= 11 is 0. The van der Waals surface area contributed by atoms with E-state index in [4.69, 9.17) is 17.3 Å². The third kappa shape index (κ3) is 2.13. The molecule has 0 spiro atoms. The van der Waals surface area contributed by atoms with Crippen LogP contribution in [-0.2, 0) is 4.79 Å². The van der Waals surface area contributed by atoms with Crippen LogP contribution in [-0.4, -0.2) is 28.8 Å². The summed E-state index contributed by atoms with van der Waals surface area (Å²) < 4.78 is 6.36. The summed E-state index contributed by atoms with van der Waals surface area (Å²) in [6.45, 7) is -1.73. The first-order chi connectivity index (χ1) is 3.55. The second kappa shape index (κ2) is 2.54. The largest absolute Gasteiger partial charge is 0.480 e. The average Bonchev–Trinajstić information content (AvgIpc) is 1.64. The molecule has 2 atom stereocenters. The highest BCUT2D eigenvalue weighted by Crippen LogP contribution is 1.71. The van der Waals surface area contributed by atoms with Crippen LogP contribution in [0.1, 0.15) is 1.37 Å². The monoisotopic (exact) mass is 107 g/mol. The topological polar surface area (TPSA) is 83.5 Å². The predicted molar refractivity (Wildman–Crippen MR) is 22.7 cm³/mol. The van der Waals surface area contributed by atoms with Crippen molar-refractivity contribution in [2.24, 2.45) is 5.73 Å². The van der Waals surface area contributed by atoms with E-state index in [0.717, 1.165) is 0 Å². The molecule has 0 aliphatic heterocycles. The maximum absolute atomic E-state index is 9.74. The maximum Gasteiger partial charge on any atom is 0.322 e. The highest BCUT2D eigenvalue weighted by atomic mass is 16.4. The maximum atomic E-state index is 9.74. The molecule has 0 rings (SSSR count). The van der Waals surface area contributed by atoms with Crippen LogP contribution in [0, 0.1) is 0 Å². The molecular formula is C3H7NO3. The first kappa shape index (κ1) is 4.55. The number of aliphatic hydroxyl groups is 1. The number of carboxylic acids is 1. The second-order valence-electron chi connectivity index (χ2n) is 1.01.